The number of nitrogens with zero attached hydrogens (tertiary/aromatic N) is 8. The van der Waals surface area contributed by atoms with Crippen molar-refractivity contribution in [2.45, 2.75) is 19.7 Å². The first-order valence-corrected chi connectivity index (χ1v) is 9.18. The molecular formula is C19H15F3N8O. The van der Waals surface area contributed by atoms with Gasteiger partial charge in [-0.05, 0) is 19.1 Å². The maximum absolute atomic E-state index is 13.2. The summed E-state index contributed by atoms with van der Waals surface area (Å²) in [6.07, 6.45) is -1.49. The van der Waals surface area contributed by atoms with E-state index in [9.17, 15) is 13.2 Å². The second-order valence-corrected chi connectivity index (χ2v) is 6.95. The van der Waals surface area contributed by atoms with Gasteiger partial charge in [0.15, 0.2) is 29.4 Å². The number of ether oxygens (including phenoxy) is 1. The minimum atomic E-state index is -4.60. The van der Waals surface area contributed by atoms with Gasteiger partial charge < -0.3 is 4.74 Å². The summed E-state index contributed by atoms with van der Waals surface area (Å²) in [7, 11) is 1.76. The van der Waals surface area contributed by atoms with Crippen LogP contribution in [0, 0.1) is 6.92 Å². The van der Waals surface area contributed by atoms with Crippen LogP contribution < -0.4 is 4.74 Å². The second-order valence-electron chi connectivity index (χ2n) is 6.95. The van der Waals surface area contributed by atoms with E-state index in [0.717, 1.165) is 16.3 Å². The zero-order chi connectivity index (χ0) is 21.8. The summed E-state index contributed by atoms with van der Waals surface area (Å²) in [5, 5.41) is 12.8. The average molecular weight is 428 g/mol. The molecule has 5 rings (SSSR count). The SMILES string of the molecule is Cc1ccc(-n2nc(C(F)(F)F)cc2OCc2nc3c4cnn(C)c4ncn3n2)cc1. The highest BCUT2D eigenvalue weighted by Gasteiger charge is 2.35. The molecule has 5 aromatic rings. The Bertz CT molecular complexity index is 1400. The molecule has 0 spiro atoms. The Kier molecular flexibility index (Phi) is 4.17. The molecule has 0 atom stereocenters. The first-order valence-electron chi connectivity index (χ1n) is 9.18. The molecule has 0 saturated heterocycles. The van der Waals surface area contributed by atoms with Crippen molar-refractivity contribution in [2.24, 2.45) is 7.05 Å². The van der Waals surface area contributed by atoms with Crippen molar-refractivity contribution in [1.29, 1.82) is 0 Å². The number of alkyl halides is 3. The lowest BCUT2D eigenvalue weighted by Gasteiger charge is -2.08. The monoisotopic (exact) mass is 428 g/mol. The van der Waals surface area contributed by atoms with Crippen molar-refractivity contribution in [2.75, 3.05) is 0 Å². The third kappa shape index (κ3) is 3.35. The van der Waals surface area contributed by atoms with E-state index >= 15 is 0 Å². The molecule has 0 unspecified atom stereocenters. The highest BCUT2D eigenvalue weighted by Crippen LogP contribution is 2.32. The Morgan fingerprint density at radius 3 is 2.58 bits per heavy atom. The summed E-state index contributed by atoms with van der Waals surface area (Å²) in [6.45, 7) is 1.73. The van der Waals surface area contributed by atoms with E-state index in [-0.39, 0.29) is 18.3 Å². The fraction of sp³-hybridized carbons (Fsp3) is 0.211. The van der Waals surface area contributed by atoms with Crippen LogP contribution in [-0.2, 0) is 19.8 Å². The molecule has 0 aliphatic heterocycles. The standard InChI is InChI=1S/C19H15F3N8O/c1-11-3-5-12(6-4-11)30-16(7-14(26-30)19(20,21)22)31-9-15-25-18-13-8-24-28(2)17(13)23-10-29(18)27-15/h3-8,10H,9H2,1-2H3. The summed E-state index contributed by atoms with van der Waals surface area (Å²) in [6, 6.07) is 7.76. The van der Waals surface area contributed by atoms with Gasteiger partial charge in [-0.15, -0.1) is 5.10 Å². The molecule has 9 nitrogen and oxygen atoms in total. The van der Waals surface area contributed by atoms with Crippen LogP contribution in [0.3, 0.4) is 0 Å². The second kappa shape index (κ2) is 6.79. The maximum atomic E-state index is 13.2. The topological polar surface area (TPSA) is 88.0 Å². The van der Waals surface area contributed by atoms with E-state index in [1.807, 2.05) is 6.92 Å². The molecule has 1 aromatic carbocycles. The number of aryl methyl sites for hydroxylation is 2. The lowest BCUT2D eigenvalue weighted by Crippen LogP contribution is -2.07. The summed E-state index contributed by atoms with van der Waals surface area (Å²) in [5.41, 5.74) is 1.53. The van der Waals surface area contributed by atoms with Gasteiger partial charge >= 0.3 is 6.18 Å². The zero-order valence-corrected chi connectivity index (χ0v) is 16.4. The Labute approximate surface area is 172 Å². The van der Waals surface area contributed by atoms with Gasteiger partial charge in [0.2, 0.25) is 5.88 Å². The first kappa shape index (κ1) is 19.0. The molecule has 4 aromatic heterocycles. The Balaban J connectivity index is 1.49. The van der Waals surface area contributed by atoms with E-state index in [0.29, 0.717) is 22.4 Å². The molecule has 0 bridgehead atoms. The average Bonchev–Trinajstić information content (AvgIpc) is 3.43. The van der Waals surface area contributed by atoms with Gasteiger partial charge in [-0.2, -0.15) is 23.4 Å². The van der Waals surface area contributed by atoms with Crippen molar-refractivity contribution in [3.8, 4) is 11.6 Å². The number of fused-ring (bicyclic) bond motifs is 3. The number of hydrogen-bond donors (Lipinski definition) is 0. The number of hydrogen-bond acceptors (Lipinski definition) is 6. The van der Waals surface area contributed by atoms with Crippen molar-refractivity contribution in [1.82, 2.24) is 39.1 Å². The third-order valence-corrected chi connectivity index (χ3v) is 4.71. The number of aromatic nitrogens is 8. The van der Waals surface area contributed by atoms with Crippen LogP contribution in [0.2, 0.25) is 0 Å². The summed E-state index contributed by atoms with van der Waals surface area (Å²) >= 11 is 0. The highest BCUT2D eigenvalue weighted by molar-refractivity contribution is 5.88. The van der Waals surface area contributed by atoms with Crippen LogP contribution in [0.1, 0.15) is 17.1 Å². The summed E-state index contributed by atoms with van der Waals surface area (Å²) in [5.74, 6) is 0.211. The molecule has 12 heteroatoms. The van der Waals surface area contributed by atoms with Crippen LogP contribution in [-0.4, -0.2) is 39.1 Å². The lowest BCUT2D eigenvalue weighted by atomic mass is 10.2. The van der Waals surface area contributed by atoms with Crippen LogP contribution in [0.5, 0.6) is 5.88 Å². The minimum absolute atomic E-state index is 0.0697. The highest BCUT2D eigenvalue weighted by atomic mass is 19.4. The van der Waals surface area contributed by atoms with Crippen LogP contribution in [0.4, 0.5) is 13.2 Å². The summed E-state index contributed by atoms with van der Waals surface area (Å²) < 4.78 is 49.6. The van der Waals surface area contributed by atoms with Crippen molar-refractivity contribution < 1.29 is 17.9 Å². The quantitative estimate of drug-likeness (QED) is 0.437. The molecule has 31 heavy (non-hydrogen) atoms. The molecule has 0 aliphatic carbocycles. The zero-order valence-electron chi connectivity index (χ0n) is 16.4. The van der Waals surface area contributed by atoms with Crippen LogP contribution >= 0.6 is 0 Å². The fourth-order valence-electron chi connectivity index (χ4n) is 3.16. The third-order valence-electron chi connectivity index (χ3n) is 4.71. The fourth-order valence-corrected chi connectivity index (χ4v) is 3.16. The Hall–Kier alpha value is -3.96. The maximum Gasteiger partial charge on any atom is 0.435 e. The molecular weight excluding hydrogens is 413 g/mol. The Morgan fingerprint density at radius 1 is 1.06 bits per heavy atom. The predicted octanol–water partition coefficient (Wildman–Crippen LogP) is 3.10. The molecule has 0 fully saturated rings. The number of benzene rings is 1. The van der Waals surface area contributed by atoms with Gasteiger partial charge in [0.1, 0.15) is 6.33 Å². The van der Waals surface area contributed by atoms with Gasteiger partial charge in [0, 0.05) is 13.1 Å². The van der Waals surface area contributed by atoms with Crippen molar-refractivity contribution in [3.05, 3.63) is 59.9 Å². The van der Waals surface area contributed by atoms with Gasteiger partial charge in [-0.3, -0.25) is 4.68 Å². The minimum Gasteiger partial charge on any atom is -0.469 e. The van der Waals surface area contributed by atoms with E-state index in [1.54, 1.807) is 42.2 Å². The first-order chi connectivity index (χ1) is 14.8. The van der Waals surface area contributed by atoms with E-state index in [1.165, 1.54) is 10.8 Å². The number of halogens is 3. The number of rotatable bonds is 4. The molecule has 0 N–H and O–H groups in total. The van der Waals surface area contributed by atoms with Gasteiger partial charge in [0.05, 0.1) is 17.3 Å². The van der Waals surface area contributed by atoms with Crippen LogP contribution in [0.25, 0.3) is 22.4 Å². The van der Waals surface area contributed by atoms with E-state index < -0.39 is 11.9 Å². The van der Waals surface area contributed by atoms with E-state index in [2.05, 4.69) is 25.3 Å². The largest absolute Gasteiger partial charge is 0.469 e. The normalized spacial score (nSPS) is 12.2. The van der Waals surface area contributed by atoms with Gasteiger partial charge in [-0.25, -0.2) is 19.2 Å². The molecule has 158 valence electrons. The van der Waals surface area contributed by atoms with Crippen molar-refractivity contribution >= 4 is 16.7 Å². The smallest absolute Gasteiger partial charge is 0.435 e. The molecule has 0 aliphatic rings. The summed E-state index contributed by atoms with van der Waals surface area (Å²) in [4.78, 5) is 8.69. The van der Waals surface area contributed by atoms with Crippen molar-refractivity contribution in [3.63, 3.8) is 0 Å². The van der Waals surface area contributed by atoms with Gasteiger partial charge in [0.25, 0.3) is 0 Å². The Morgan fingerprint density at radius 2 is 1.84 bits per heavy atom. The molecule has 0 amide bonds. The predicted molar refractivity (Wildman–Crippen MR) is 103 cm³/mol. The molecule has 0 saturated carbocycles. The molecule has 4 heterocycles. The van der Waals surface area contributed by atoms with E-state index in [4.69, 9.17) is 4.74 Å². The van der Waals surface area contributed by atoms with Crippen LogP contribution in [0.15, 0.2) is 42.9 Å². The lowest BCUT2D eigenvalue weighted by molar-refractivity contribution is -0.141. The van der Waals surface area contributed by atoms with Gasteiger partial charge in [-0.1, -0.05) is 17.7 Å². The molecule has 0 radical (unpaired) electrons.